The number of nitrogens with two attached hydrogens (primary N) is 1. The Morgan fingerprint density at radius 2 is 1.70 bits per heavy atom. The highest BCUT2D eigenvalue weighted by Crippen LogP contribution is 2.19. The van der Waals surface area contributed by atoms with Crippen LogP contribution in [-0.2, 0) is 0 Å². The Labute approximate surface area is 153 Å². The van der Waals surface area contributed by atoms with Gasteiger partial charge in [-0.2, -0.15) is 9.67 Å². The van der Waals surface area contributed by atoms with Crippen LogP contribution in [0.25, 0.3) is 5.82 Å². The molecule has 2 aromatic carbocycles. The maximum Gasteiger partial charge on any atom is 0.248 e. The van der Waals surface area contributed by atoms with E-state index in [1.54, 1.807) is 18.2 Å². The molecule has 134 valence electrons. The van der Waals surface area contributed by atoms with Gasteiger partial charge in [-0.15, -0.1) is 5.10 Å². The minimum absolute atomic E-state index is 0.137. The molecule has 8 nitrogen and oxygen atoms in total. The molecule has 0 fully saturated rings. The summed E-state index contributed by atoms with van der Waals surface area (Å²) < 4.78 is 14.7. The normalized spacial score (nSPS) is 10.6. The largest absolute Gasteiger partial charge is 0.368 e. The highest BCUT2D eigenvalue weighted by molar-refractivity contribution is 5.58. The first-order chi connectivity index (χ1) is 13.2. The number of nitrogens with one attached hydrogen (secondary N) is 2. The van der Waals surface area contributed by atoms with Crippen LogP contribution in [0.15, 0.2) is 67.0 Å². The van der Waals surface area contributed by atoms with Crippen molar-refractivity contribution in [2.45, 2.75) is 0 Å². The monoisotopic (exact) mass is 362 g/mol. The van der Waals surface area contributed by atoms with E-state index in [9.17, 15) is 4.39 Å². The Bertz CT molecular complexity index is 1060. The Morgan fingerprint density at radius 3 is 2.52 bits per heavy atom. The Kier molecular flexibility index (Phi) is 4.32. The van der Waals surface area contributed by atoms with E-state index in [2.05, 4.69) is 30.7 Å². The molecule has 0 saturated carbocycles. The van der Waals surface area contributed by atoms with Crippen LogP contribution in [0.5, 0.6) is 0 Å². The number of hydrogen-bond acceptors (Lipinski definition) is 7. The summed E-state index contributed by atoms with van der Waals surface area (Å²) in [5, 5.41) is 10.4. The number of nitrogen functional groups attached to an aromatic ring is 1. The number of benzene rings is 2. The van der Waals surface area contributed by atoms with Gasteiger partial charge in [0.25, 0.3) is 0 Å². The first-order valence-corrected chi connectivity index (χ1v) is 8.07. The van der Waals surface area contributed by atoms with E-state index >= 15 is 0 Å². The predicted molar refractivity (Wildman–Crippen MR) is 101 cm³/mol. The zero-order chi connectivity index (χ0) is 18.6. The fraction of sp³-hybridized carbons (Fsp3) is 0. The minimum atomic E-state index is -0.361. The third-order valence-electron chi connectivity index (χ3n) is 3.63. The average molecular weight is 362 g/mol. The molecule has 0 unspecified atom stereocenters. The molecule has 27 heavy (non-hydrogen) atoms. The van der Waals surface area contributed by atoms with Gasteiger partial charge in [0, 0.05) is 17.4 Å². The van der Waals surface area contributed by atoms with Crippen molar-refractivity contribution >= 4 is 29.1 Å². The van der Waals surface area contributed by atoms with Crippen molar-refractivity contribution in [3.05, 3.63) is 72.8 Å². The number of nitrogens with zero attached hydrogens (tertiary/aromatic N) is 5. The summed E-state index contributed by atoms with van der Waals surface area (Å²) in [4.78, 5) is 12.5. The summed E-state index contributed by atoms with van der Waals surface area (Å²) in [6, 6.07) is 17.3. The van der Waals surface area contributed by atoms with E-state index in [-0.39, 0.29) is 17.7 Å². The lowest BCUT2D eigenvalue weighted by Gasteiger charge is -2.07. The second-order valence-electron chi connectivity index (χ2n) is 5.59. The fourth-order valence-electron chi connectivity index (χ4n) is 2.44. The molecule has 4 aromatic rings. The molecule has 4 rings (SSSR count). The maximum atomic E-state index is 13.3. The Morgan fingerprint density at radius 1 is 0.889 bits per heavy atom. The van der Waals surface area contributed by atoms with Crippen molar-refractivity contribution in [3.8, 4) is 5.82 Å². The van der Waals surface area contributed by atoms with E-state index in [0.29, 0.717) is 17.3 Å². The van der Waals surface area contributed by atoms with Gasteiger partial charge in [0.15, 0.2) is 5.82 Å². The van der Waals surface area contributed by atoms with Gasteiger partial charge in [-0.3, -0.25) is 0 Å². The lowest BCUT2D eigenvalue weighted by atomic mass is 10.3. The molecule has 0 saturated heterocycles. The van der Waals surface area contributed by atoms with E-state index in [1.165, 1.54) is 23.1 Å². The van der Waals surface area contributed by atoms with E-state index in [1.807, 2.05) is 30.3 Å². The molecule has 4 N–H and O–H groups in total. The average Bonchev–Trinajstić information content (AvgIpc) is 3.03. The van der Waals surface area contributed by atoms with Gasteiger partial charge in [0.2, 0.25) is 11.9 Å². The van der Waals surface area contributed by atoms with Crippen LogP contribution < -0.4 is 16.4 Å². The molecule has 0 atom stereocenters. The van der Waals surface area contributed by atoms with E-state index < -0.39 is 0 Å². The third-order valence-corrected chi connectivity index (χ3v) is 3.63. The van der Waals surface area contributed by atoms with Gasteiger partial charge in [0.1, 0.15) is 18.0 Å². The number of anilines is 5. The number of halogens is 1. The summed E-state index contributed by atoms with van der Waals surface area (Å²) in [5.74, 6) is 1.04. The number of aromatic nitrogens is 5. The molecule has 0 bridgehead atoms. The highest BCUT2D eigenvalue weighted by Gasteiger charge is 2.11. The molecule has 9 heteroatoms. The van der Waals surface area contributed by atoms with Crippen molar-refractivity contribution in [2.24, 2.45) is 0 Å². The fourth-order valence-corrected chi connectivity index (χ4v) is 2.44. The first-order valence-electron chi connectivity index (χ1n) is 8.07. The Hall–Kier alpha value is -4.01. The van der Waals surface area contributed by atoms with Crippen LogP contribution in [0.4, 0.5) is 33.5 Å². The van der Waals surface area contributed by atoms with Crippen molar-refractivity contribution in [3.63, 3.8) is 0 Å². The molecular formula is C18H15FN8. The Balaban J connectivity index is 1.58. The van der Waals surface area contributed by atoms with Crippen LogP contribution in [-0.4, -0.2) is 24.7 Å². The second-order valence-corrected chi connectivity index (χ2v) is 5.59. The van der Waals surface area contributed by atoms with Crippen LogP contribution in [0.2, 0.25) is 0 Å². The number of para-hydroxylation sites is 1. The molecular weight excluding hydrogens is 347 g/mol. The van der Waals surface area contributed by atoms with Gasteiger partial charge in [-0.25, -0.2) is 14.4 Å². The van der Waals surface area contributed by atoms with E-state index in [4.69, 9.17) is 5.73 Å². The molecule has 0 spiro atoms. The molecule has 0 aliphatic heterocycles. The van der Waals surface area contributed by atoms with Crippen LogP contribution in [0, 0.1) is 5.82 Å². The molecule has 0 radical (unpaired) electrons. The molecule has 0 amide bonds. The van der Waals surface area contributed by atoms with Gasteiger partial charge in [-0.1, -0.05) is 24.3 Å². The summed E-state index contributed by atoms with van der Waals surface area (Å²) >= 11 is 0. The summed E-state index contributed by atoms with van der Waals surface area (Å²) in [5.41, 5.74) is 7.36. The SMILES string of the molecule is Nc1nc(Nc2cccc(F)c2)nn1-c1cc(Nc2ccccc2)ncn1. The molecule has 2 heterocycles. The maximum absolute atomic E-state index is 13.3. The zero-order valence-corrected chi connectivity index (χ0v) is 14.0. The first kappa shape index (κ1) is 16.5. The van der Waals surface area contributed by atoms with Gasteiger partial charge in [0.05, 0.1) is 0 Å². The highest BCUT2D eigenvalue weighted by atomic mass is 19.1. The summed E-state index contributed by atoms with van der Waals surface area (Å²) in [6.07, 6.45) is 1.40. The van der Waals surface area contributed by atoms with Crippen molar-refractivity contribution in [2.75, 3.05) is 16.4 Å². The van der Waals surface area contributed by atoms with Gasteiger partial charge >= 0.3 is 0 Å². The third kappa shape index (κ3) is 3.82. The summed E-state index contributed by atoms with van der Waals surface area (Å²) in [7, 11) is 0. The van der Waals surface area contributed by atoms with Crippen molar-refractivity contribution in [1.29, 1.82) is 0 Å². The molecule has 0 aliphatic rings. The lowest BCUT2D eigenvalue weighted by molar-refractivity contribution is 0.628. The quantitative estimate of drug-likeness (QED) is 0.500. The van der Waals surface area contributed by atoms with Crippen LogP contribution >= 0.6 is 0 Å². The zero-order valence-electron chi connectivity index (χ0n) is 14.0. The topological polar surface area (TPSA) is 107 Å². The van der Waals surface area contributed by atoms with Crippen molar-refractivity contribution < 1.29 is 4.39 Å². The molecule has 0 aliphatic carbocycles. The van der Waals surface area contributed by atoms with Crippen LogP contribution in [0.1, 0.15) is 0 Å². The van der Waals surface area contributed by atoms with Gasteiger partial charge < -0.3 is 16.4 Å². The van der Waals surface area contributed by atoms with Crippen molar-refractivity contribution in [1.82, 2.24) is 24.7 Å². The number of hydrogen-bond donors (Lipinski definition) is 3. The smallest absolute Gasteiger partial charge is 0.248 e. The summed E-state index contributed by atoms with van der Waals surface area (Å²) in [6.45, 7) is 0. The standard InChI is InChI=1S/C18H15FN8/c19-12-5-4-8-14(9-12)24-18-25-17(20)27(26-18)16-10-15(21-11-22-16)23-13-6-2-1-3-7-13/h1-11H,(H,21,22,23)(H3,20,24,25,26). The lowest BCUT2D eigenvalue weighted by Crippen LogP contribution is -2.06. The van der Waals surface area contributed by atoms with Gasteiger partial charge in [-0.05, 0) is 30.3 Å². The predicted octanol–water partition coefficient (Wildman–Crippen LogP) is 3.27. The van der Waals surface area contributed by atoms with E-state index in [0.717, 1.165) is 5.69 Å². The second kappa shape index (κ2) is 7.08. The number of rotatable bonds is 5. The van der Waals surface area contributed by atoms with Crippen LogP contribution in [0.3, 0.4) is 0 Å². The molecule has 2 aromatic heterocycles. The minimum Gasteiger partial charge on any atom is -0.368 e.